The van der Waals surface area contributed by atoms with Crippen LogP contribution in [-0.2, 0) is 11.0 Å². The third-order valence-corrected chi connectivity index (χ3v) is 6.50. The van der Waals surface area contributed by atoms with Gasteiger partial charge in [-0.2, -0.15) is 23.4 Å². The van der Waals surface area contributed by atoms with E-state index in [9.17, 15) is 23.1 Å². The number of nitrogens with zero attached hydrogens (tertiary/aromatic N) is 3. The van der Waals surface area contributed by atoms with E-state index in [0.717, 1.165) is 50.9 Å². The number of rotatable bonds is 6. The van der Waals surface area contributed by atoms with Crippen LogP contribution in [0.3, 0.4) is 0 Å². The topological polar surface area (TPSA) is 90.4 Å². The van der Waals surface area contributed by atoms with Crippen LogP contribution in [0.15, 0.2) is 35.7 Å². The van der Waals surface area contributed by atoms with Crippen LogP contribution < -0.4 is 10.6 Å². The molecule has 3 N–H and O–H groups in total. The lowest BCUT2D eigenvalue weighted by Crippen LogP contribution is -2.62. The number of fused-ring (bicyclic) bond motifs is 1. The first-order chi connectivity index (χ1) is 15.7. The number of alkyl halides is 3. The van der Waals surface area contributed by atoms with Crippen LogP contribution >= 0.6 is 0 Å². The van der Waals surface area contributed by atoms with E-state index in [4.69, 9.17) is 0 Å². The number of hydrogen-bond donors (Lipinski definition) is 3. The van der Waals surface area contributed by atoms with Crippen molar-refractivity contribution in [3.05, 3.63) is 41.3 Å². The maximum absolute atomic E-state index is 13.0. The predicted octanol–water partition coefficient (Wildman–Crippen LogP) is 4.03. The average molecular weight is 464 g/mol. The summed E-state index contributed by atoms with van der Waals surface area (Å²) < 4.78 is 39.1. The maximum Gasteiger partial charge on any atom is 0.416 e. The monoisotopic (exact) mass is 463 g/mol. The highest BCUT2D eigenvalue weighted by molar-refractivity contribution is 5.92. The summed E-state index contributed by atoms with van der Waals surface area (Å²) in [5.74, 6) is 0.305. The van der Waals surface area contributed by atoms with Gasteiger partial charge in [-0.3, -0.25) is 9.69 Å². The molecule has 0 bridgehead atoms. The lowest BCUT2D eigenvalue weighted by molar-refractivity contribution is -0.137. The zero-order valence-electron chi connectivity index (χ0n) is 18.5. The Bertz CT molecular complexity index is 1040. The number of hydrogen-bond acceptors (Lipinski definition) is 6. The first-order valence-corrected chi connectivity index (χ1v) is 11.2. The quantitative estimate of drug-likeness (QED) is 0.561. The molecule has 7 nitrogen and oxygen atoms in total. The highest BCUT2D eigenvalue weighted by Gasteiger charge is 2.34. The van der Waals surface area contributed by atoms with Crippen LogP contribution in [0.5, 0.6) is 0 Å². The molecule has 2 heterocycles. The molecule has 33 heavy (non-hydrogen) atoms. The second kappa shape index (κ2) is 9.54. The van der Waals surface area contributed by atoms with Crippen molar-refractivity contribution in [1.82, 2.24) is 20.4 Å². The molecule has 1 aromatic heterocycles. The van der Waals surface area contributed by atoms with E-state index in [1.165, 1.54) is 17.8 Å². The van der Waals surface area contributed by atoms with Gasteiger partial charge < -0.3 is 15.7 Å². The Morgan fingerprint density at radius 1 is 1.24 bits per heavy atom. The van der Waals surface area contributed by atoms with Gasteiger partial charge >= 0.3 is 6.18 Å². The summed E-state index contributed by atoms with van der Waals surface area (Å²) in [7, 11) is 0. The Labute approximate surface area is 190 Å². The Morgan fingerprint density at radius 3 is 2.64 bits per heavy atom. The number of amides is 1. The first-order valence-electron chi connectivity index (χ1n) is 11.2. The fraction of sp³-hybridized carbons (Fsp3) is 0.522. The number of allylic oxidation sites excluding steroid dienone is 2. The number of anilines is 1. The van der Waals surface area contributed by atoms with Crippen LogP contribution in [-0.4, -0.2) is 57.8 Å². The minimum atomic E-state index is -4.46. The minimum Gasteiger partial charge on any atom is -0.512 e. The molecule has 10 heteroatoms. The molecular weight excluding hydrogens is 435 g/mol. The number of likely N-dealkylation sites (tertiary alicyclic amines) is 1. The zero-order valence-corrected chi connectivity index (χ0v) is 18.5. The fourth-order valence-electron chi connectivity index (χ4n) is 4.59. The van der Waals surface area contributed by atoms with Crippen LogP contribution in [0.4, 0.5) is 18.9 Å². The van der Waals surface area contributed by atoms with E-state index < -0.39 is 11.7 Å². The molecule has 2 aromatic rings. The molecule has 178 valence electrons. The Hall–Kier alpha value is -2.88. The molecule has 0 atom stereocenters. The van der Waals surface area contributed by atoms with Gasteiger partial charge in [-0.15, -0.1) is 0 Å². The number of nitrogens with one attached hydrogen (secondary N) is 2. The van der Waals surface area contributed by atoms with E-state index in [-0.39, 0.29) is 23.9 Å². The van der Waals surface area contributed by atoms with Gasteiger partial charge in [0.1, 0.15) is 0 Å². The van der Waals surface area contributed by atoms with Crippen molar-refractivity contribution >= 4 is 22.5 Å². The van der Waals surface area contributed by atoms with Crippen molar-refractivity contribution in [2.24, 2.45) is 0 Å². The van der Waals surface area contributed by atoms with Crippen molar-refractivity contribution in [3.63, 3.8) is 0 Å². The molecule has 1 aliphatic heterocycles. The first kappa shape index (κ1) is 23.3. The average Bonchev–Trinajstić information content (AvgIpc) is 2.78. The van der Waals surface area contributed by atoms with Gasteiger partial charge in [0.15, 0.2) is 0 Å². The minimum absolute atomic E-state index is 0.0597. The summed E-state index contributed by atoms with van der Waals surface area (Å²) in [6.45, 7) is 3.45. The molecule has 0 unspecified atom stereocenters. The predicted molar refractivity (Wildman–Crippen MR) is 119 cm³/mol. The summed E-state index contributed by atoms with van der Waals surface area (Å²) in [5.41, 5.74) is 1.05. The van der Waals surface area contributed by atoms with Crippen LogP contribution in [0.25, 0.3) is 10.9 Å². The highest BCUT2D eigenvalue weighted by Crippen LogP contribution is 2.33. The molecule has 0 spiro atoms. The summed E-state index contributed by atoms with van der Waals surface area (Å²) in [5, 5.41) is 23.7. The van der Waals surface area contributed by atoms with Gasteiger partial charge in [0.05, 0.1) is 41.3 Å². The summed E-state index contributed by atoms with van der Waals surface area (Å²) in [6, 6.07) is 3.78. The third-order valence-electron chi connectivity index (χ3n) is 6.50. The number of aliphatic hydroxyl groups excluding tert-OH is 1. The number of aliphatic hydroxyl groups is 1. The van der Waals surface area contributed by atoms with Crippen molar-refractivity contribution in [1.29, 1.82) is 0 Å². The van der Waals surface area contributed by atoms with E-state index in [0.29, 0.717) is 29.4 Å². The van der Waals surface area contributed by atoms with Crippen molar-refractivity contribution in [2.45, 2.75) is 57.3 Å². The number of benzene rings is 1. The second-order valence-corrected chi connectivity index (χ2v) is 8.69. The van der Waals surface area contributed by atoms with Gasteiger partial charge in [0.2, 0.25) is 5.91 Å². The maximum atomic E-state index is 13.0. The van der Waals surface area contributed by atoms with Crippen LogP contribution in [0.1, 0.15) is 44.6 Å². The zero-order chi connectivity index (χ0) is 23.6. The Kier molecular flexibility index (Phi) is 6.73. The number of halogens is 3. The summed E-state index contributed by atoms with van der Waals surface area (Å²) in [4.78, 5) is 14.7. The van der Waals surface area contributed by atoms with Gasteiger partial charge in [0, 0.05) is 30.9 Å². The molecule has 0 radical (unpaired) electrons. The van der Waals surface area contributed by atoms with Crippen LogP contribution in [0.2, 0.25) is 0 Å². The number of carbonyl (C=O) groups is 1. The second-order valence-electron chi connectivity index (χ2n) is 8.69. The van der Waals surface area contributed by atoms with Crippen molar-refractivity contribution in [3.8, 4) is 0 Å². The van der Waals surface area contributed by atoms with Crippen LogP contribution in [0, 0.1) is 0 Å². The fourth-order valence-corrected chi connectivity index (χ4v) is 4.59. The van der Waals surface area contributed by atoms with Gasteiger partial charge in [-0.25, -0.2) is 0 Å². The molecule has 1 saturated heterocycles. The van der Waals surface area contributed by atoms with Crippen molar-refractivity contribution in [2.75, 3.05) is 25.0 Å². The van der Waals surface area contributed by atoms with Crippen molar-refractivity contribution < 1.29 is 23.1 Å². The lowest BCUT2D eigenvalue weighted by Gasteiger charge is -2.46. The van der Waals surface area contributed by atoms with E-state index >= 15 is 0 Å². The van der Waals surface area contributed by atoms with E-state index in [1.54, 1.807) is 0 Å². The summed E-state index contributed by atoms with van der Waals surface area (Å²) in [6.07, 6.45) is 1.42. The van der Waals surface area contributed by atoms with E-state index in [2.05, 4.69) is 25.7 Å². The number of carbonyl (C=O) groups excluding carboxylic acids is 1. The Balaban J connectivity index is 1.26. The normalized spacial score (nSPS) is 19.9. The Morgan fingerprint density at radius 2 is 1.97 bits per heavy atom. The molecule has 2 fully saturated rings. The molecular formula is C23H28F3N5O2. The third kappa shape index (κ3) is 5.38. The molecule has 1 aromatic carbocycles. The molecule has 1 aliphatic carbocycles. The molecule has 4 rings (SSSR count). The molecule has 1 amide bonds. The number of aromatic nitrogens is 2. The highest BCUT2D eigenvalue weighted by atomic mass is 19.4. The smallest absolute Gasteiger partial charge is 0.416 e. The van der Waals surface area contributed by atoms with E-state index in [1.807, 2.05) is 6.92 Å². The van der Waals surface area contributed by atoms with Gasteiger partial charge in [0.25, 0.3) is 0 Å². The largest absolute Gasteiger partial charge is 0.512 e. The summed E-state index contributed by atoms with van der Waals surface area (Å²) >= 11 is 0. The molecule has 2 aliphatic rings. The van der Waals surface area contributed by atoms with Gasteiger partial charge in [-0.1, -0.05) is 6.92 Å². The molecule has 1 saturated carbocycles. The standard InChI is InChI=1S/C23H28F3N5O2/c1-2-21(32)14-3-6-17(7-4-14)31-12-16(13-31)29-22(33)11-27-20-10-28-30-19-8-5-15(9-18(19)20)23(24,25)26/h5,8-10,16-17,32H,2-4,6-7,11-13H2,1H3,(H,27,30)(H,29,33). The lowest BCUT2D eigenvalue weighted by atomic mass is 9.87. The van der Waals surface area contributed by atoms with Gasteiger partial charge in [-0.05, 0) is 49.5 Å². The SMILES string of the molecule is CCC(O)=C1CCC(N2CC(NC(=O)CNc3cnnc4ccc(C(F)(F)F)cc34)C2)CC1.